The highest BCUT2D eigenvalue weighted by molar-refractivity contribution is 7.89. The van der Waals surface area contributed by atoms with Crippen LogP contribution in [0.5, 0.6) is 5.75 Å². The molecule has 1 N–H and O–H groups in total. The number of sulfonamides is 1. The van der Waals surface area contributed by atoms with E-state index in [2.05, 4.69) is 9.88 Å². The number of nitrogens with zero attached hydrogens (tertiary/aromatic N) is 1. The van der Waals surface area contributed by atoms with Crippen molar-refractivity contribution in [2.45, 2.75) is 38.0 Å². The molecule has 0 aliphatic rings. The van der Waals surface area contributed by atoms with Crippen LogP contribution in [0.4, 0.5) is 0 Å². The predicted octanol–water partition coefficient (Wildman–Crippen LogP) is 2.60. The highest BCUT2D eigenvalue weighted by Gasteiger charge is 2.23. The quantitative estimate of drug-likeness (QED) is 0.748. The molecule has 6 nitrogen and oxygen atoms in total. The van der Waals surface area contributed by atoms with Gasteiger partial charge >= 0.3 is 0 Å². The second-order valence-corrected chi connectivity index (χ2v) is 7.02. The molecular weight excluding hydrogens is 316 g/mol. The highest BCUT2D eigenvalue weighted by atomic mass is 32.2. The van der Waals surface area contributed by atoms with Crippen molar-refractivity contribution in [3.8, 4) is 5.75 Å². The molecule has 126 valence electrons. The van der Waals surface area contributed by atoms with E-state index in [1.54, 1.807) is 21.0 Å². The minimum absolute atomic E-state index is 0.141. The van der Waals surface area contributed by atoms with Crippen molar-refractivity contribution >= 4 is 10.0 Å². The van der Waals surface area contributed by atoms with Crippen LogP contribution in [0, 0.1) is 13.8 Å². The van der Waals surface area contributed by atoms with E-state index in [0.717, 1.165) is 30.6 Å². The molecule has 7 heteroatoms. The Morgan fingerprint density at radius 2 is 1.96 bits per heavy atom. The molecule has 2 rings (SSSR count). The first-order valence-corrected chi connectivity index (χ1v) is 8.98. The Balaban J connectivity index is 1.84. The Morgan fingerprint density at radius 3 is 2.61 bits per heavy atom. The number of aryl methyl sites for hydroxylation is 3. The summed E-state index contributed by atoms with van der Waals surface area (Å²) in [5.74, 6) is 1.17. The maximum atomic E-state index is 12.2. The van der Waals surface area contributed by atoms with Crippen molar-refractivity contribution in [2.75, 3.05) is 13.7 Å². The Hall–Kier alpha value is -1.86. The molecule has 0 bridgehead atoms. The Kier molecular flexibility index (Phi) is 5.79. The molecule has 0 amide bonds. The third-order valence-electron chi connectivity index (χ3n) is 3.59. The first-order valence-electron chi connectivity index (χ1n) is 7.50. The molecular formula is C16H22N2O4S. The van der Waals surface area contributed by atoms with Gasteiger partial charge < -0.3 is 9.26 Å². The monoisotopic (exact) mass is 338 g/mol. The van der Waals surface area contributed by atoms with Gasteiger partial charge in [-0.1, -0.05) is 23.4 Å². The van der Waals surface area contributed by atoms with Crippen LogP contribution in [0.1, 0.15) is 29.9 Å². The summed E-state index contributed by atoms with van der Waals surface area (Å²) in [5.41, 5.74) is 1.51. The summed E-state index contributed by atoms with van der Waals surface area (Å²) in [7, 11) is -1.92. The van der Waals surface area contributed by atoms with Crippen LogP contribution in [0.15, 0.2) is 33.7 Å². The summed E-state index contributed by atoms with van der Waals surface area (Å²) < 4.78 is 37.3. The lowest BCUT2D eigenvalue weighted by Gasteiger charge is -2.08. The van der Waals surface area contributed by atoms with Gasteiger partial charge in [-0.2, -0.15) is 0 Å². The van der Waals surface area contributed by atoms with E-state index < -0.39 is 10.0 Å². The highest BCUT2D eigenvalue weighted by Crippen LogP contribution is 2.20. The van der Waals surface area contributed by atoms with E-state index >= 15 is 0 Å². The summed E-state index contributed by atoms with van der Waals surface area (Å²) in [6, 6.07) is 7.85. The molecule has 1 heterocycles. The minimum atomic E-state index is -3.57. The van der Waals surface area contributed by atoms with Gasteiger partial charge in [-0.15, -0.1) is 0 Å². The van der Waals surface area contributed by atoms with E-state index in [1.807, 2.05) is 24.3 Å². The van der Waals surface area contributed by atoms with Gasteiger partial charge in [-0.05, 0) is 44.7 Å². The van der Waals surface area contributed by atoms with Gasteiger partial charge in [0.25, 0.3) is 0 Å². The summed E-state index contributed by atoms with van der Waals surface area (Å²) in [6.07, 6.45) is 2.45. The predicted molar refractivity (Wildman–Crippen MR) is 87.1 cm³/mol. The van der Waals surface area contributed by atoms with Gasteiger partial charge in [0.1, 0.15) is 16.3 Å². The lowest BCUT2D eigenvalue weighted by atomic mass is 10.1. The van der Waals surface area contributed by atoms with E-state index in [4.69, 9.17) is 9.26 Å². The van der Waals surface area contributed by atoms with E-state index in [0.29, 0.717) is 18.0 Å². The number of aromatic nitrogens is 1. The molecule has 0 aliphatic carbocycles. The SMILES string of the molecule is COc1ccccc1CCCCNS(=O)(=O)c1c(C)noc1C. The number of hydrogen-bond acceptors (Lipinski definition) is 5. The number of methoxy groups -OCH3 is 1. The average molecular weight is 338 g/mol. The molecule has 1 aromatic heterocycles. The molecule has 0 unspecified atom stereocenters. The topological polar surface area (TPSA) is 81.4 Å². The molecule has 0 fully saturated rings. The first kappa shape index (κ1) is 17.5. The van der Waals surface area contributed by atoms with Crippen LogP contribution < -0.4 is 9.46 Å². The van der Waals surface area contributed by atoms with Crippen LogP contribution in [0.2, 0.25) is 0 Å². The second kappa shape index (κ2) is 7.61. The number of benzene rings is 1. The van der Waals surface area contributed by atoms with E-state index in [-0.39, 0.29) is 4.90 Å². The third kappa shape index (κ3) is 4.33. The number of unbranched alkanes of at least 4 members (excludes halogenated alkanes) is 1. The second-order valence-electron chi connectivity index (χ2n) is 5.32. The molecule has 0 spiro atoms. The van der Waals surface area contributed by atoms with Gasteiger partial charge in [0, 0.05) is 6.54 Å². The molecule has 0 saturated carbocycles. The average Bonchev–Trinajstić information content (AvgIpc) is 2.87. The van der Waals surface area contributed by atoms with Gasteiger partial charge in [0.2, 0.25) is 10.0 Å². The molecule has 0 saturated heterocycles. The maximum absolute atomic E-state index is 12.2. The molecule has 0 aliphatic heterocycles. The summed E-state index contributed by atoms with van der Waals surface area (Å²) in [5, 5.41) is 3.68. The smallest absolute Gasteiger partial charge is 0.245 e. The zero-order valence-electron chi connectivity index (χ0n) is 13.6. The molecule has 1 aromatic carbocycles. The fraction of sp³-hybridized carbons (Fsp3) is 0.438. The summed E-state index contributed by atoms with van der Waals surface area (Å²) in [4.78, 5) is 0.141. The van der Waals surface area contributed by atoms with Crippen molar-refractivity contribution in [1.29, 1.82) is 0 Å². The number of rotatable bonds is 8. The molecule has 0 atom stereocenters. The minimum Gasteiger partial charge on any atom is -0.496 e. The van der Waals surface area contributed by atoms with E-state index in [1.165, 1.54) is 0 Å². The fourth-order valence-corrected chi connectivity index (χ4v) is 3.89. The zero-order valence-corrected chi connectivity index (χ0v) is 14.4. The van der Waals surface area contributed by atoms with Crippen LogP contribution in [-0.4, -0.2) is 27.2 Å². The lowest BCUT2D eigenvalue weighted by Crippen LogP contribution is -2.25. The van der Waals surface area contributed by atoms with Crippen molar-refractivity contribution in [3.63, 3.8) is 0 Å². The van der Waals surface area contributed by atoms with Crippen LogP contribution in [0.25, 0.3) is 0 Å². The summed E-state index contributed by atoms with van der Waals surface area (Å²) in [6.45, 7) is 3.59. The molecule has 2 aromatic rings. The Bertz CT molecular complexity index is 734. The number of nitrogens with one attached hydrogen (secondary N) is 1. The number of hydrogen-bond donors (Lipinski definition) is 1. The van der Waals surface area contributed by atoms with Crippen LogP contribution >= 0.6 is 0 Å². The number of para-hydroxylation sites is 1. The molecule has 23 heavy (non-hydrogen) atoms. The summed E-state index contributed by atoms with van der Waals surface area (Å²) >= 11 is 0. The maximum Gasteiger partial charge on any atom is 0.245 e. The van der Waals surface area contributed by atoms with Gasteiger partial charge in [0.15, 0.2) is 5.76 Å². The largest absolute Gasteiger partial charge is 0.496 e. The Morgan fingerprint density at radius 1 is 1.22 bits per heavy atom. The van der Waals surface area contributed by atoms with E-state index in [9.17, 15) is 8.42 Å². The van der Waals surface area contributed by atoms with Crippen molar-refractivity contribution in [3.05, 3.63) is 41.3 Å². The standard InChI is InChI=1S/C16H22N2O4S/c1-12-16(13(2)22-18-12)23(19,20)17-11-7-6-9-14-8-4-5-10-15(14)21-3/h4-5,8,10,17H,6-7,9,11H2,1-3H3. The molecule has 0 radical (unpaired) electrons. The fourth-order valence-electron chi connectivity index (χ4n) is 2.49. The third-order valence-corrected chi connectivity index (χ3v) is 5.30. The van der Waals surface area contributed by atoms with Crippen molar-refractivity contribution in [1.82, 2.24) is 9.88 Å². The van der Waals surface area contributed by atoms with Crippen LogP contribution in [0.3, 0.4) is 0 Å². The lowest BCUT2D eigenvalue weighted by molar-refractivity contribution is 0.390. The Labute approximate surface area is 136 Å². The first-order chi connectivity index (χ1) is 11.0. The zero-order chi connectivity index (χ0) is 16.9. The van der Waals surface area contributed by atoms with Gasteiger partial charge in [0.05, 0.1) is 7.11 Å². The van der Waals surface area contributed by atoms with Gasteiger partial charge in [-0.3, -0.25) is 0 Å². The van der Waals surface area contributed by atoms with Gasteiger partial charge in [-0.25, -0.2) is 13.1 Å². The number of ether oxygens (including phenoxy) is 1. The normalized spacial score (nSPS) is 11.6. The van der Waals surface area contributed by atoms with Crippen molar-refractivity contribution < 1.29 is 17.7 Å². The van der Waals surface area contributed by atoms with Crippen LogP contribution in [-0.2, 0) is 16.4 Å². The van der Waals surface area contributed by atoms with Crippen molar-refractivity contribution in [2.24, 2.45) is 0 Å².